The molecule has 1 N–H and O–H groups in total. The molecule has 0 aliphatic carbocycles. The van der Waals surface area contributed by atoms with Gasteiger partial charge in [-0.25, -0.2) is 4.79 Å². The maximum atomic E-state index is 11.9. The molecule has 0 aliphatic rings. The topological polar surface area (TPSA) is 77.3 Å². The predicted octanol–water partition coefficient (Wildman–Crippen LogP) is 5.31. The number of hydrogen-bond acceptors (Lipinski definition) is 8. The summed E-state index contributed by atoms with van der Waals surface area (Å²) in [6.07, 6.45) is 0. The second-order valence-corrected chi connectivity index (χ2v) is 8.69. The monoisotopic (exact) mass is 425 g/mol. The first-order valence-corrected chi connectivity index (χ1v) is 10.7. The lowest BCUT2D eigenvalue weighted by molar-refractivity contribution is 0.414. The van der Waals surface area contributed by atoms with Gasteiger partial charge in [-0.3, -0.25) is 0 Å². The van der Waals surface area contributed by atoms with Crippen molar-refractivity contribution in [1.82, 2.24) is 10.2 Å². The van der Waals surface area contributed by atoms with Crippen LogP contribution in [0, 0.1) is 13.8 Å². The number of thioether (sulfide) groups is 1. The Balaban J connectivity index is 1.51. The number of ether oxygens (including phenoxy) is 1. The second-order valence-electron chi connectivity index (χ2n) is 6.49. The number of aryl methyl sites for hydroxylation is 1. The van der Waals surface area contributed by atoms with Crippen LogP contribution in [0.5, 0.6) is 5.75 Å². The van der Waals surface area contributed by atoms with E-state index in [2.05, 4.69) is 35.4 Å². The van der Waals surface area contributed by atoms with Crippen molar-refractivity contribution < 1.29 is 9.15 Å². The molecule has 6 nitrogen and oxygen atoms in total. The number of aromatic nitrogens is 2. The Morgan fingerprint density at radius 2 is 2.03 bits per heavy atom. The molecular weight excluding hydrogens is 406 g/mol. The smallest absolute Gasteiger partial charge is 0.336 e. The minimum atomic E-state index is -0.379. The van der Waals surface area contributed by atoms with E-state index >= 15 is 0 Å². The van der Waals surface area contributed by atoms with Gasteiger partial charge in [-0.2, -0.15) is 0 Å². The number of benzene rings is 2. The van der Waals surface area contributed by atoms with Gasteiger partial charge in [0.05, 0.1) is 7.11 Å². The second kappa shape index (κ2) is 8.26. The molecule has 29 heavy (non-hydrogen) atoms. The van der Waals surface area contributed by atoms with E-state index in [1.807, 2.05) is 24.3 Å². The zero-order valence-electron chi connectivity index (χ0n) is 16.2. The van der Waals surface area contributed by atoms with Gasteiger partial charge >= 0.3 is 5.63 Å². The van der Waals surface area contributed by atoms with Crippen molar-refractivity contribution >= 4 is 44.9 Å². The Bertz CT molecular complexity index is 1230. The number of fused-ring (bicyclic) bond motifs is 1. The van der Waals surface area contributed by atoms with E-state index in [0.717, 1.165) is 26.1 Å². The highest BCUT2D eigenvalue weighted by molar-refractivity contribution is 8.00. The SMILES string of the molecule is COc1ccc2c(CSc3nnc(Nc4cccc(C)c4C)s3)cc(=O)oc2c1. The molecule has 0 fully saturated rings. The van der Waals surface area contributed by atoms with Crippen LogP contribution in [0.3, 0.4) is 0 Å². The lowest BCUT2D eigenvalue weighted by Crippen LogP contribution is -2.00. The Kier molecular flexibility index (Phi) is 5.55. The first-order valence-electron chi connectivity index (χ1n) is 8.94. The van der Waals surface area contributed by atoms with Gasteiger partial charge in [-0.1, -0.05) is 35.2 Å². The zero-order valence-corrected chi connectivity index (χ0v) is 17.8. The first-order chi connectivity index (χ1) is 14.0. The molecule has 148 valence electrons. The molecule has 2 aromatic heterocycles. The van der Waals surface area contributed by atoms with E-state index in [1.165, 1.54) is 40.3 Å². The van der Waals surface area contributed by atoms with Crippen molar-refractivity contribution in [2.24, 2.45) is 0 Å². The van der Waals surface area contributed by atoms with Gasteiger partial charge < -0.3 is 14.5 Å². The van der Waals surface area contributed by atoms with Crippen LogP contribution in [0.1, 0.15) is 16.7 Å². The number of nitrogens with one attached hydrogen (secondary N) is 1. The zero-order chi connectivity index (χ0) is 20.4. The van der Waals surface area contributed by atoms with Crippen LogP contribution in [0.4, 0.5) is 10.8 Å². The highest BCUT2D eigenvalue weighted by Crippen LogP contribution is 2.33. The van der Waals surface area contributed by atoms with Crippen molar-refractivity contribution in [3.8, 4) is 5.75 Å². The third kappa shape index (κ3) is 4.28. The Morgan fingerprint density at radius 3 is 2.86 bits per heavy atom. The maximum absolute atomic E-state index is 11.9. The molecule has 0 radical (unpaired) electrons. The average molecular weight is 426 g/mol. The van der Waals surface area contributed by atoms with Crippen molar-refractivity contribution in [1.29, 1.82) is 0 Å². The van der Waals surface area contributed by atoms with Crippen molar-refractivity contribution in [2.45, 2.75) is 23.9 Å². The Morgan fingerprint density at radius 1 is 1.17 bits per heavy atom. The summed E-state index contributed by atoms with van der Waals surface area (Å²) in [4.78, 5) is 11.9. The van der Waals surface area contributed by atoms with Crippen LogP contribution in [-0.2, 0) is 5.75 Å². The Labute approximate surface area is 175 Å². The van der Waals surface area contributed by atoms with E-state index in [-0.39, 0.29) is 5.63 Å². The van der Waals surface area contributed by atoms with E-state index in [0.29, 0.717) is 17.1 Å². The number of nitrogens with zero attached hydrogens (tertiary/aromatic N) is 2. The van der Waals surface area contributed by atoms with Gasteiger partial charge in [0.2, 0.25) is 5.13 Å². The minimum Gasteiger partial charge on any atom is -0.497 e. The third-order valence-electron chi connectivity index (χ3n) is 4.64. The number of hydrogen-bond donors (Lipinski definition) is 1. The molecule has 8 heteroatoms. The molecule has 0 bridgehead atoms. The fourth-order valence-electron chi connectivity index (χ4n) is 2.92. The van der Waals surface area contributed by atoms with E-state index in [4.69, 9.17) is 9.15 Å². The highest BCUT2D eigenvalue weighted by Gasteiger charge is 2.11. The summed E-state index contributed by atoms with van der Waals surface area (Å²) in [5.41, 5.74) is 4.47. The van der Waals surface area contributed by atoms with Crippen LogP contribution in [0.25, 0.3) is 11.0 Å². The van der Waals surface area contributed by atoms with E-state index < -0.39 is 0 Å². The van der Waals surface area contributed by atoms with Crippen molar-refractivity contribution in [3.05, 3.63) is 69.6 Å². The van der Waals surface area contributed by atoms with Gasteiger partial charge in [-0.15, -0.1) is 10.2 Å². The summed E-state index contributed by atoms with van der Waals surface area (Å²) in [6, 6.07) is 13.1. The van der Waals surface area contributed by atoms with Gasteiger partial charge in [0.1, 0.15) is 11.3 Å². The molecule has 0 amide bonds. The fraction of sp³-hybridized carbons (Fsp3) is 0.190. The number of rotatable bonds is 6. The van der Waals surface area contributed by atoms with Crippen LogP contribution < -0.4 is 15.7 Å². The lowest BCUT2D eigenvalue weighted by atomic mass is 10.1. The molecule has 4 aromatic rings. The normalized spacial score (nSPS) is 11.0. The molecule has 0 unspecified atom stereocenters. The number of methoxy groups -OCH3 is 1. The van der Waals surface area contributed by atoms with Crippen LogP contribution in [0.15, 0.2) is 56.0 Å². The van der Waals surface area contributed by atoms with Gasteiger partial charge in [0.15, 0.2) is 4.34 Å². The van der Waals surface area contributed by atoms with E-state index in [9.17, 15) is 4.79 Å². The molecule has 0 saturated carbocycles. The average Bonchev–Trinajstić information content (AvgIpc) is 3.16. The van der Waals surface area contributed by atoms with Gasteiger partial charge in [0.25, 0.3) is 0 Å². The van der Waals surface area contributed by atoms with Gasteiger partial charge in [0, 0.05) is 29.0 Å². The summed E-state index contributed by atoms with van der Waals surface area (Å²) in [7, 11) is 1.58. The molecule has 0 atom stereocenters. The van der Waals surface area contributed by atoms with E-state index in [1.54, 1.807) is 13.2 Å². The molecule has 4 rings (SSSR count). The predicted molar refractivity (Wildman–Crippen MR) is 118 cm³/mol. The largest absolute Gasteiger partial charge is 0.497 e. The molecule has 0 saturated heterocycles. The highest BCUT2D eigenvalue weighted by atomic mass is 32.2. The summed E-state index contributed by atoms with van der Waals surface area (Å²) >= 11 is 3.02. The van der Waals surface area contributed by atoms with Crippen molar-refractivity contribution in [3.63, 3.8) is 0 Å². The molecule has 2 aromatic carbocycles. The third-order valence-corrected chi connectivity index (χ3v) is 6.66. The fourth-order valence-corrected chi connectivity index (χ4v) is 4.67. The van der Waals surface area contributed by atoms with Gasteiger partial charge in [-0.05, 0) is 48.7 Å². The maximum Gasteiger partial charge on any atom is 0.336 e. The summed E-state index contributed by atoms with van der Waals surface area (Å²) in [5.74, 6) is 1.24. The minimum absolute atomic E-state index is 0.379. The van der Waals surface area contributed by atoms with Crippen LogP contribution in [-0.4, -0.2) is 17.3 Å². The Hall–Kier alpha value is -2.84. The molecular formula is C21H19N3O3S2. The molecule has 0 aliphatic heterocycles. The molecule has 2 heterocycles. The van der Waals surface area contributed by atoms with Crippen molar-refractivity contribution in [2.75, 3.05) is 12.4 Å². The van der Waals surface area contributed by atoms with Crippen LogP contribution >= 0.6 is 23.1 Å². The summed E-state index contributed by atoms with van der Waals surface area (Å²) in [5, 5.41) is 13.5. The standard InChI is InChI=1S/C21H19N3O3S2/c1-12-5-4-6-17(13(12)2)22-20-23-24-21(29-20)28-11-14-9-19(25)27-18-10-15(26-3)7-8-16(14)18/h4-10H,11H2,1-3H3,(H,22,23). The quantitative estimate of drug-likeness (QED) is 0.331. The summed E-state index contributed by atoms with van der Waals surface area (Å²) < 4.78 is 11.3. The van der Waals surface area contributed by atoms with Crippen LogP contribution in [0.2, 0.25) is 0 Å². The molecule has 0 spiro atoms. The number of anilines is 2. The summed E-state index contributed by atoms with van der Waals surface area (Å²) in [6.45, 7) is 4.16. The first kappa shape index (κ1) is 19.5. The lowest BCUT2D eigenvalue weighted by Gasteiger charge is -2.08.